The van der Waals surface area contributed by atoms with E-state index in [4.69, 9.17) is 23.8 Å². The fourth-order valence-corrected chi connectivity index (χ4v) is 11.6. The van der Waals surface area contributed by atoms with Crippen LogP contribution in [0.15, 0.2) is 258 Å². The van der Waals surface area contributed by atoms with E-state index < -0.39 is 0 Å². The van der Waals surface area contributed by atoms with Gasteiger partial charge in [-0.25, -0.2) is 15.0 Å². The highest BCUT2D eigenvalue weighted by Gasteiger charge is 2.22. The first kappa shape index (κ1) is 42.2. The second kappa shape index (κ2) is 16.6. The number of hydrogen-bond donors (Lipinski definition) is 0. The molecule has 7 heteroatoms. The molecule has 5 heterocycles. The molecule has 0 spiro atoms. The van der Waals surface area contributed by atoms with Crippen LogP contribution in [-0.2, 0) is 0 Å². The maximum Gasteiger partial charge on any atom is 0.164 e. The van der Waals surface area contributed by atoms with Crippen molar-refractivity contribution < 1.29 is 8.83 Å². The average Bonchev–Trinajstić information content (AvgIpc) is 4.28. The summed E-state index contributed by atoms with van der Waals surface area (Å²) in [5.74, 6) is 1.75. The van der Waals surface area contributed by atoms with E-state index in [1.54, 1.807) is 0 Å². The molecule has 0 unspecified atom stereocenters. The van der Waals surface area contributed by atoms with Crippen LogP contribution in [0.1, 0.15) is 0 Å². The number of rotatable bonds is 7. The third-order valence-electron chi connectivity index (χ3n) is 15.2. The number of para-hydroxylation sites is 4. The Morgan fingerprint density at radius 2 is 0.645 bits per heavy atom. The summed E-state index contributed by atoms with van der Waals surface area (Å²) in [5.41, 5.74) is 16.6. The van der Waals surface area contributed by atoms with Gasteiger partial charge in [-0.15, -0.1) is 0 Å². The van der Waals surface area contributed by atoms with Gasteiger partial charge in [-0.3, -0.25) is 0 Å². The van der Waals surface area contributed by atoms with Crippen molar-refractivity contribution >= 4 is 87.5 Å². The van der Waals surface area contributed by atoms with E-state index >= 15 is 0 Å². The summed E-state index contributed by atoms with van der Waals surface area (Å²) in [6.07, 6.45) is 0. The maximum absolute atomic E-state index is 6.87. The summed E-state index contributed by atoms with van der Waals surface area (Å²) >= 11 is 0. The largest absolute Gasteiger partial charge is 0.456 e. The van der Waals surface area contributed by atoms with Crippen LogP contribution in [0.2, 0.25) is 0 Å². The van der Waals surface area contributed by atoms with Crippen LogP contribution in [-0.4, -0.2) is 24.1 Å². The number of hydrogen-bond acceptors (Lipinski definition) is 5. The zero-order valence-electron chi connectivity index (χ0n) is 40.7. The molecule has 0 radical (unpaired) electrons. The van der Waals surface area contributed by atoms with Gasteiger partial charge in [-0.1, -0.05) is 158 Å². The third-order valence-corrected chi connectivity index (χ3v) is 15.2. The molecule has 0 atom stereocenters. The van der Waals surface area contributed by atoms with Crippen molar-refractivity contribution in [2.24, 2.45) is 0 Å². The molecular formula is C69H41N5O2. The SMILES string of the molecule is c1ccc(-c2nc(-c3ccccc3)nc(-c3cc(-c4ccc5c(c4)oc4cc6c(cc45)c4ccccc4n6-c4ccccc4)ccc3-c3ccc4c(c3)oc3cc5c(cc34)c3ccccc3n5-c3ccccc3)n2)cc1. The fourth-order valence-electron chi connectivity index (χ4n) is 11.6. The molecule has 11 aromatic carbocycles. The Morgan fingerprint density at radius 3 is 1.17 bits per heavy atom. The fraction of sp³-hybridized carbons (Fsp3) is 0. The molecule has 0 fully saturated rings. The van der Waals surface area contributed by atoms with Gasteiger partial charge in [0.05, 0.1) is 22.1 Å². The second-order valence-electron chi connectivity index (χ2n) is 19.5. The Morgan fingerprint density at radius 1 is 0.237 bits per heavy atom. The molecule has 5 aromatic heterocycles. The Hall–Kier alpha value is -10.4. The van der Waals surface area contributed by atoms with Gasteiger partial charge in [0.15, 0.2) is 17.5 Å². The number of nitrogens with zero attached hydrogens (tertiary/aromatic N) is 5. The summed E-state index contributed by atoms with van der Waals surface area (Å²) in [6.45, 7) is 0. The lowest BCUT2D eigenvalue weighted by Gasteiger charge is -2.14. The molecule has 0 aliphatic carbocycles. The van der Waals surface area contributed by atoms with Gasteiger partial charge >= 0.3 is 0 Å². The van der Waals surface area contributed by atoms with E-state index in [2.05, 4.69) is 197 Å². The Kier molecular flexibility index (Phi) is 9.20. The highest BCUT2D eigenvalue weighted by atomic mass is 16.3. The number of benzene rings is 11. The summed E-state index contributed by atoms with van der Waals surface area (Å²) < 4.78 is 18.4. The summed E-state index contributed by atoms with van der Waals surface area (Å²) in [5, 5.41) is 9.03. The van der Waals surface area contributed by atoms with Crippen molar-refractivity contribution in [3.63, 3.8) is 0 Å². The normalized spacial score (nSPS) is 11.9. The molecule has 0 amide bonds. The maximum atomic E-state index is 6.87. The molecule has 0 bridgehead atoms. The molecule has 0 saturated heterocycles. The monoisotopic (exact) mass is 971 g/mol. The minimum Gasteiger partial charge on any atom is -0.456 e. The van der Waals surface area contributed by atoms with Crippen LogP contribution in [0, 0.1) is 0 Å². The van der Waals surface area contributed by atoms with Gasteiger partial charge in [-0.2, -0.15) is 0 Å². The molecule has 16 aromatic rings. The topological polar surface area (TPSA) is 74.8 Å². The lowest BCUT2D eigenvalue weighted by molar-refractivity contribution is 0.669. The number of aromatic nitrogens is 5. The first-order chi connectivity index (χ1) is 37.6. The first-order valence-corrected chi connectivity index (χ1v) is 25.6. The Balaban J connectivity index is 0.877. The van der Waals surface area contributed by atoms with Crippen LogP contribution in [0.4, 0.5) is 0 Å². The Bertz CT molecular complexity index is 4920. The molecule has 7 nitrogen and oxygen atoms in total. The van der Waals surface area contributed by atoms with Crippen molar-refractivity contribution in [2.45, 2.75) is 0 Å². The van der Waals surface area contributed by atoms with Crippen LogP contribution < -0.4 is 0 Å². The minimum atomic E-state index is 0.563. The Labute approximate surface area is 434 Å². The predicted octanol–water partition coefficient (Wildman–Crippen LogP) is 18.2. The van der Waals surface area contributed by atoms with Crippen molar-refractivity contribution in [3.05, 3.63) is 249 Å². The van der Waals surface area contributed by atoms with Crippen molar-refractivity contribution in [2.75, 3.05) is 0 Å². The van der Waals surface area contributed by atoms with Gasteiger partial charge in [0.25, 0.3) is 0 Å². The van der Waals surface area contributed by atoms with Crippen LogP contribution in [0.5, 0.6) is 0 Å². The zero-order chi connectivity index (χ0) is 49.8. The van der Waals surface area contributed by atoms with Gasteiger partial charge in [0.2, 0.25) is 0 Å². The zero-order valence-corrected chi connectivity index (χ0v) is 40.7. The summed E-state index contributed by atoms with van der Waals surface area (Å²) in [4.78, 5) is 15.6. The summed E-state index contributed by atoms with van der Waals surface area (Å²) in [6, 6.07) is 87.3. The van der Waals surface area contributed by atoms with Gasteiger partial charge in [0, 0.05) is 83.3 Å². The number of furan rings is 2. The lowest BCUT2D eigenvalue weighted by Crippen LogP contribution is -2.01. The second-order valence-corrected chi connectivity index (χ2v) is 19.5. The van der Waals surface area contributed by atoms with Gasteiger partial charge in [0.1, 0.15) is 22.3 Å². The van der Waals surface area contributed by atoms with Gasteiger partial charge < -0.3 is 18.0 Å². The molecule has 16 rings (SSSR count). The van der Waals surface area contributed by atoms with Crippen LogP contribution in [0.3, 0.4) is 0 Å². The molecule has 0 aliphatic heterocycles. The minimum absolute atomic E-state index is 0.563. The molecule has 0 saturated carbocycles. The van der Waals surface area contributed by atoms with Crippen LogP contribution >= 0.6 is 0 Å². The third kappa shape index (κ3) is 6.59. The van der Waals surface area contributed by atoms with E-state index in [-0.39, 0.29) is 0 Å². The van der Waals surface area contributed by atoms with Crippen molar-refractivity contribution in [1.82, 2.24) is 24.1 Å². The van der Waals surface area contributed by atoms with Crippen LogP contribution in [0.25, 0.3) is 155 Å². The molecule has 354 valence electrons. The predicted molar refractivity (Wildman–Crippen MR) is 310 cm³/mol. The molecular weight excluding hydrogens is 931 g/mol. The average molecular weight is 972 g/mol. The van der Waals surface area contributed by atoms with Gasteiger partial charge in [-0.05, 0) is 101 Å². The number of fused-ring (bicyclic) bond motifs is 12. The summed E-state index contributed by atoms with van der Waals surface area (Å²) in [7, 11) is 0. The van der Waals surface area contributed by atoms with E-state index in [0.717, 1.165) is 116 Å². The first-order valence-electron chi connectivity index (χ1n) is 25.6. The highest BCUT2D eigenvalue weighted by molar-refractivity contribution is 6.19. The standard InChI is InChI=1S/C69H41N5O2/c1-5-17-42(18-6-1)67-70-68(43-19-7-2-8-20-43)72-69(71-67)58-35-44(45-30-33-52-56-38-54-50-25-13-15-27-59(50)73(47-21-9-3-10-22-47)61(54)40-65(56)75-63(52)36-45)29-32-49(58)46-31-34-53-57-39-55-51-26-14-16-28-60(51)74(48-23-11-4-12-24-48)62(55)41-66(57)76-64(53)37-46/h1-41H. The van der Waals surface area contributed by atoms with Crippen molar-refractivity contribution in [1.29, 1.82) is 0 Å². The van der Waals surface area contributed by atoms with E-state index in [9.17, 15) is 0 Å². The van der Waals surface area contributed by atoms with E-state index in [1.807, 2.05) is 60.7 Å². The highest BCUT2D eigenvalue weighted by Crippen LogP contribution is 2.44. The lowest BCUT2D eigenvalue weighted by atomic mass is 9.93. The molecule has 76 heavy (non-hydrogen) atoms. The smallest absolute Gasteiger partial charge is 0.164 e. The molecule has 0 N–H and O–H groups in total. The van der Waals surface area contributed by atoms with E-state index in [1.165, 1.54) is 21.5 Å². The van der Waals surface area contributed by atoms with E-state index in [0.29, 0.717) is 17.5 Å². The molecule has 0 aliphatic rings. The quantitative estimate of drug-likeness (QED) is 0.159. The van der Waals surface area contributed by atoms with Crippen molar-refractivity contribution in [3.8, 4) is 67.8 Å².